The first-order valence-corrected chi connectivity index (χ1v) is 7.47. The fourth-order valence-corrected chi connectivity index (χ4v) is 4.41. The van der Waals surface area contributed by atoms with Crippen LogP contribution in [0.15, 0.2) is 5.51 Å². The van der Waals surface area contributed by atoms with Gasteiger partial charge in [0.1, 0.15) is 0 Å². The molecule has 2 fully saturated rings. The van der Waals surface area contributed by atoms with Gasteiger partial charge in [0.15, 0.2) is 0 Å². The summed E-state index contributed by atoms with van der Waals surface area (Å²) >= 11 is 1.67. The van der Waals surface area contributed by atoms with Crippen LogP contribution in [0.25, 0.3) is 0 Å². The number of carbonyl (C=O) groups is 1. The van der Waals surface area contributed by atoms with E-state index in [1.54, 1.807) is 11.3 Å². The third-order valence-electron chi connectivity index (χ3n) is 4.47. The molecule has 1 amide bonds. The zero-order valence-corrected chi connectivity index (χ0v) is 11.4. The van der Waals surface area contributed by atoms with Crippen molar-refractivity contribution in [3.05, 3.63) is 16.1 Å². The molecule has 3 unspecified atom stereocenters. The van der Waals surface area contributed by atoms with E-state index in [-0.39, 0.29) is 11.9 Å². The van der Waals surface area contributed by atoms with Gasteiger partial charge >= 0.3 is 0 Å². The van der Waals surface area contributed by atoms with E-state index in [0.717, 1.165) is 25.2 Å². The molecule has 5 heteroatoms. The maximum absolute atomic E-state index is 11.7. The number of aryl methyl sites for hydroxylation is 1. The second-order valence-electron chi connectivity index (χ2n) is 5.49. The van der Waals surface area contributed by atoms with Crippen molar-refractivity contribution in [1.82, 2.24) is 9.88 Å². The van der Waals surface area contributed by atoms with Gasteiger partial charge in [-0.1, -0.05) is 6.42 Å². The Morgan fingerprint density at radius 1 is 1.61 bits per heavy atom. The van der Waals surface area contributed by atoms with Gasteiger partial charge in [0, 0.05) is 18.0 Å². The number of primary amides is 1. The summed E-state index contributed by atoms with van der Waals surface area (Å²) in [5.41, 5.74) is 8.58. The van der Waals surface area contributed by atoms with Crippen molar-refractivity contribution >= 4 is 17.2 Å². The Kier molecular flexibility index (Phi) is 3.11. The minimum atomic E-state index is -0.147. The van der Waals surface area contributed by atoms with Gasteiger partial charge in [0.2, 0.25) is 5.91 Å². The van der Waals surface area contributed by atoms with Gasteiger partial charge in [-0.05, 0) is 31.6 Å². The van der Waals surface area contributed by atoms with Gasteiger partial charge in [-0.15, -0.1) is 11.3 Å². The third-order valence-corrected chi connectivity index (χ3v) is 5.39. The SMILES string of the molecule is Cc1ncsc1CN1CC2CCCC2C1C(N)=O. The molecule has 18 heavy (non-hydrogen) atoms. The molecule has 1 saturated carbocycles. The lowest BCUT2D eigenvalue weighted by Crippen LogP contribution is -2.43. The van der Waals surface area contributed by atoms with Crippen LogP contribution in [0.5, 0.6) is 0 Å². The normalized spacial score (nSPS) is 31.7. The molecule has 1 aromatic heterocycles. The number of nitrogens with zero attached hydrogens (tertiary/aromatic N) is 2. The standard InChI is InChI=1S/C13H19N3OS/c1-8-11(18-7-15-8)6-16-5-9-3-2-4-10(9)12(16)13(14)17/h7,9-10,12H,2-6H2,1H3,(H2,14,17). The molecule has 3 atom stereocenters. The first-order chi connectivity index (χ1) is 8.66. The topological polar surface area (TPSA) is 59.2 Å². The quantitative estimate of drug-likeness (QED) is 0.902. The van der Waals surface area contributed by atoms with Gasteiger partial charge in [-0.2, -0.15) is 0 Å². The molecule has 2 aliphatic rings. The summed E-state index contributed by atoms with van der Waals surface area (Å²) in [6, 6.07) is -0.0565. The van der Waals surface area contributed by atoms with Crippen LogP contribution >= 0.6 is 11.3 Å². The number of thiazole rings is 1. The number of aromatic nitrogens is 1. The zero-order chi connectivity index (χ0) is 12.7. The van der Waals surface area contributed by atoms with Crippen LogP contribution in [-0.4, -0.2) is 28.4 Å². The first-order valence-electron chi connectivity index (χ1n) is 6.59. The zero-order valence-electron chi connectivity index (χ0n) is 10.6. The van der Waals surface area contributed by atoms with Crippen LogP contribution in [0, 0.1) is 18.8 Å². The van der Waals surface area contributed by atoms with Gasteiger partial charge in [0.25, 0.3) is 0 Å². The van der Waals surface area contributed by atoms with Crippen LogP contribution in [0.2, 0.25) is 0 Å². The number of hydrogen-bond donors (Lipinski definition) is 1. The molecule has 1 saturated heterocycles. The van der Waals surface area contributed by atoms with Crippen LogP contribution in [0.4, 0.5) is 0 Å². The lowest BCUT2D eigenvalue weighted by Gasteiger charge is -2.24. The summed E-state index contributed by atoms with van der Waals surface area (Å²) in [6.45, 7) is 3.88. The van der Waals surface area contributed by atoms with Crippen molar-refractivity contribution in [2.75, 3.05) is 6.54 Å². The molecule has 3 rings (SSSR count). The first kappa shape index (κ1) is 12.1. The molecule has 1 aliphatic heterocycles. The van der Waals surface area contributed by atoms with Crippen LogP contribution in [0.1, 0.15) is 29.8 Å². The van der Waals surface area contributed by atoms with Crippen molar-refractivity contribution in [1.29, 1.82) is 0 Å². The van der Waals surface area contributed by atoms with E-state index >= 15 is 0 Å². The van der Waals surface area contributed by atoms with Crippen molar-refractivity contribution in [3.63, 3.8) is 0 Å². The maximum Gasteiger partial charge on any atom is 0.235 e. The van der Waals surface area contributed by atoms with Crippen LogP contribution < -0.4 is 5.73 Å². The maximum atomic E-state index is 11.7. The molecular formula is C13H19N3OS. The summed E-state index contributed by atoms with van der Waals surface area (Å²) < 4.78 is 0. The molecule has 4 nitrogen and oxygen atoms in total. The Labute approximate surface area is 111 Å². The Morgan fingerprint density at radius 3 is 3.11 bits per heavy atom. The van der Waals surface area contributed by atoms with Gasteiger partial charge in [-0.3, -0.25) is 9.69 Å². The summed E-state index contributed by atoms with van der Waals surface area (Å²) in [5.74, 6) is 1.03. The predicted octanol–water partition coefficient (Wildman–Crippen LogP) is 1.54. The van der Waals surface area contributed by atoms with E-state index < -0.39 is 0 Å². The lowest BCUT2D eigenvalue weighted by molar-refractivity contribution is -0.123. The molecule has 0 radical (unpaired) electrons. The summed E-state index contributed by atoms with van der Waals surface area (Å²) in [4.78, 5) is 19.6. The van der Waals surface area contributed by atoms with Gasteiger partial charge in [0.05, 0.1) is 17.2 Å². The Balaban J connectivity index is 1.79. The molecule has 0 bridgehead atoms. The van der Waals surface area contributed by atoms with E-state index in [1.165, 1.54) is 17.7 Å². The number of carbonyl (C=O) groups excluding carboxylic acids is 1. The highest BCUT2D eigenvalue weighted by Gasteiger charge is 2.46. The third kappa shape index (κ3) is 1.95. The van der Waals surface area contributed by atoms with Crippen LogP contribution in [-0.2, 0) is 11.3 Å². The van der Waals surface area contributed by atoms with E-state index in [4.69, 9.17) is 5.73 Å². The highest BCUT2D eigenvalue weighted by Crippen LogP contribution is 2.42. The molecule has 1 aromatic rings. The second-order valence-corrected chi connectivity index (χ2v) is 6.43. The molecule has 2 heterocycles. The molecule has 98 valence electrons. The molecule has 0 aromatic carbocycles. The molecular weight excluding hydrogens is 246 g/mol. The summed E-state index contributed by atoms with van der Waals surface area (Å²) in [7, 11) is 0. The fraction of sp³-hybridized carbons (Fsp3) is 0.692. The van der Waals surface area contributed by atoms with Crippen molar-refractivity contribution in [3.8, 4) is 0 Å². The Bertz CT molecular complexity index is 459. The highest BCUT2D eigenvalue weighted by molar-refractivity contribution is 7.09. The molecule has 1 aliphatic carbocycles. The van der Waals surface area contributed by atoms with E-state index in [1.807, 2.05) is 12.4 Å². The Morgan fingerprint density at radius 2 is 2.44 bits per heavy atom. The number of hydrogen-bond acceptors (Lipinski definition) is 4. The minimum absolute atomic E-state index is 0.0565. The number of nitrogens with two attached hydrogens (primary N) is 1. The highest BCUT2D eigenvalue weighted by atomic mass is 32.1. The number of rotatable bonds is 3. The number of fused-ring (bicyclic) bond motifs is 1. The van der Waals surface area contributed by atoms with Crippen molar-refractivity contribution < 1.29 is 4.79 Å². The predicted molar refractivity (Wildman–Crippen MR) is 71.1 cm³/mol. The fourth-order valence-electron chi connectivity index (χ4n) is 3.61. The van der Waals surface area contributed by atoms with Crippen molar-refractivity contribution in [2.24, 2.45) is 17.6 Å². The van der Waals surface area contributed by atoms with E-state index in [0.29, 0.717) is 11.8 Å². The monoisotopic (exact) mass is 265 g/mol. The lowest BCUT2D eigenvalue weighted by atomic mass is 9.94. The summed E-state index contributed by atoms with van der Waals surface area (Å²) in [6.07, 6.45) is 3.68. The van der Waals surface area contributed by atoms with Crippen LogP contribution in [0.3, 0.4) is 0 Å². The number of amides is 1. The molecule has 2 N–H and O–H groups in total. The van der Waals surface area contributed by atoms with Gasteiger partial charge < -0.3 is 5.73 Å². The van der Waals surface area contributed by atoms with Crippen molar-refractivity contribution in [2.45, 2.75) is 38.8 Å². The van der Waals surface area contributed by atoms with Gasteiger partial charge in [-0.25, -0.2) is 4.98 Å². The molecule has 0 spiro atoms. The Hall–Kier alpha value is -0.940. The number of likely N-dealkylation sites (tertiary alicyclic amines) is 1. The second kappa shape index (κ2) is 4.63. The van der Waals surface area contributed by atoms with E-state index in [9.17, 15) is 4.79 Å². The smallest absolute Gasteiger partial charge is 0.235 e. The summed E-state index contributed by atoms with van der Waals surface area (Å²) in [5, 5.41) is 0. The average molecular weight is 265 g/mol. The largest absolute Gasteiger partial charge is 0.368 e. The average Bonchev–Trinajstić information content (AvgIpc) is 2.95. The van der Waals surface area contributed by atoms with E-state index in [2.05, 4.69) is 9.88 Å². The minimum Gasteiger partial charge on any atom is -0.368 e.